The molecule has 1 aromatic rings. The number of esters is 4. The van der Waals surface area contributed by atoms with Crippen LogP contribution in [0.3, 0.4) is 0 Å². The minimum Gasteiger partial charge on any atom is -0.462 e. The lowest BCUT2D eigenvalue weighted by Crippen LogP contribution is -2.12. The molecule has 0 atom stereocenters. The molecule has 0 saturated carbocycles. The van der Waals surface area contributed by atoms with Crippen molar-refractivity contribution in [3.05, 3.63) is 65.8 Å². The molecule has 0 unspecified atom stereocenters. The van der Waals surface area contributed by atoms with Crippen molar-refractivity contribution in [2.75, 3.05) is 19.8 Å². The molecule has 0 fully saturated rings. The first-order valence-corrected chi connectivity index (χ1v) is 14.2. The van der Waals surface area contributed by atoms with E-state index in [9.17, 15) is 28.8 Å². The lowest BCUT2D eigenvalue weighted by atomic mass is 9.99. The van der Waals surface area contributed by atoms with Crippen molar-refractivity contribution in [1.82, 2.24) is 0 Å². The van der Waals surface area contributed by atoms with Crippen LogP contribution in [0, 0.1) is 0 Å². The van der Waals surface area contributed by atoms with Crippen LogP contribution in [0.2, 0.25) is 0 Å². The normalized spacial score (nSPS) is 10.3. The fraction of sp³-hybridized carbons (Fsp3) is 0.455. The van der Waals surface area contributed by atoms with Gasteiger partial charge in [-0.2, -0.15) is 0 Å². The fourth-order valence-corrected chi connectivity index (χ4v) is 3.46. The smallest absolute Gasteiger partial charge is 0.333 e. The van der Waals surface area contributed by atoms with E-state index in [-0.39, 0.29) is 73.1 Å². The number of hydrogen-bond donors (Lipinski definition) is 0. The number of ether oxygens (including phenoxy) is 4. The number of ketones is 2. The predicted octanol–water partition coefficient (Wildman–Crippen LogP) is 5.83. The number of carbonyl (C=O) groups excluding carboxylic acids is 6. The maximum atomic E-state index is 13.0. The molecule has 1 aromatic carbocycles. The number of hydrogen-bond acceptors (Lipinski definition) is 10. The Morgan fingerprint density at radius 3 is 1.23 bits per heavy atom. The molecule has 0 bridgehead atoms. The lowest BCUT2D eigenvalue weighted by Gasteiger charge is -2.11. The zero-order chi connectivity index (χ0) is 32.4. The molecule has 1 rings (SSSR count). The SMILES string of the molecule is C=C(C)C(=O)OCCCCC(=O)Oc1cc(C(=O)CCCCOC(=O)C(=C)C)cc(C(=O)CCCCOC(=O)C(=C)C)c1. The summed E-state index contributed by atoms with van der Waals surface area (Å²) in [7, 11) is 0. The van der Waals surface area contributed by atoms with E-state index in [1.165, 1.54) is 18.2 Å². The Bertz CT molecular complexity index is 1160. The number of unbranched alkanes of at least 4 members (excludes halogenated alkanes) is 3. The summed E-state index contributed by atoms with van der Waals surface area (Å²) >= 11 is 0. The van der Waals surface area contributed by atoms with Crippen LogP contribution in [0.1, 0.15) is 99.3 Å². The van der Waals surface area contributed by atoms with E-state index in [2.05, 4.69) is 19.7 Å². The average molecular weight is 599 g/mol. The van der Waals surface area contributed by atoms with Crippen LogP contribution < -0.4 is 4.74 Å². The van der Waals surface area contributed by atoms with E-state index in [0.717, 1.165) is 0 Å². The first-order valence-electron chi connectivity index (χ1n) is 14.2. The van der Waals surface area contributed by atoms with Crippen molar-refractivity contribution >= 4 is 35.4 Å². The summed E-state index contributed by atoms with van der Waals surface area (Å²) in [5.41, 5.74) is 1.30. The highest BCUT2D eigenvalue weighted by molar-refractivity contribution is 6.02. The third-order valence-electron chi connectivity index (χ3n) is 5.90. The topological polar surface area (TPSA) is 139 Å². The molecular weight excluding hydrogens is 556 g/mol. The molecule has 0 aromatic heterocycles. The van der Waals surface area contributed by atoms with Gasteiger partial charge in [0.1, 0.15) is 5.75 Å². The Balaban J connectivity index is 2.82. The standard InChI is InChI=1S/C33H42O10/c1-22(2)31(37)40-16-10-7-13-28(34)25-19-26(29(35)14-8-11-17-41-32(38)23(3)4)21-27(20-25)43-30(36)15-9-12-18-42-33(39)24(5)6/h19-21H,1,3,5,7-18H2,2,4,6H3. The van der Waals surface area contributed by atoms with Gasteiger partial charge in [0.05, 0.1) is 19.8 Å². The quantitative estimate of drug-likeness (QED) is 0.0424. The highest BCUT2D eigenvalue weighted by Gasteiger charge is 2.16. The molecule has 0 N–H and O–H groups in total. The minimum absolute atomic E-state index is 0.0396. The molecule has 0 aliphatic heterocycles. The van der Waals surface area contributed by atoms with Gasteiger partial charge in [-0.15, -0.1) is 0 Å². The van der Waals surface area contributed by atoms with E-state index in [1.54, 1.807) is 20.8 Å². The second-order valence-corrected chi connectivity index (χ2v) is 10.2. The second kappa shape index (κ2) is 19.7. The number of carbonyl (C=O) groups is 6. The van der Waals surface area contributed by atoms with Gasteiger partial charge in [-0.25, -0.2) is 14.4 Å². The zero-order valence-corrected chi connectivity index (χ0v) is 25.4. The summed E-state index contributed by atoms with van der Waals surface area (Å²) in [6.07, 6.45) is 2.95. The van der Waals surface area contributed by atoms with Gasteiger partial charge in [-0.3, -0.25) is 14.4 Å². The van der Waals surface area contributed by atoms with Gasteiger partial charge in [-0.05, 0) is 77.5 Å². The molecule has 0 heterocycles. The lowest BCUT2D eigenvalue weighted by molar-refractivity contribution is -0.140. The monoisotopic (exact) mass is 598 g/mol. The maximum Gasteiger partial charge on any atom is 0.333 e. The Hall–Kier alpha value is -4.34. The Morgan fingerprint density at radius 2 is 0.884 bits per heavy atom. The van der Waals surface area contributed by atoms with Gasteiger partial charge in [0, 0.05) is 47.1 Å². The average Bonchev–Trinajstić information content (AvgIpc) is 2.95. The van der Waals surface area contributed by atoms with Crippen LogP contribution in [0.25, 0.3) is 0 Å². The van der Waals surface area contributed by atoms with Crippen molar-refractivity contribution in [3.8, 4) is 5.75 Å². The van der Waals surface area contributed by atoms with Gasteiger partial charge >= 0.3 is 23.9 Å². The molecule has 0 saturated heterocycles. The highest BCUT2D eigenvalue weighted by atomic mass is 16.5. The number of Topliss-reactive ketones (excluding diaryl/α,β-unsaturated/α-hetero) is 2. The van der Waals surface area contributed by atoms with Gasteiger partial charge in [0.25, 0.3) is 0 Å². The maximum absolute atomic E-state index is 13.0. The molecule has 0 aliphatic rings. The van der Waals surface area contributed by atoms with Crippen LogP contribution in [-0.4, -0.2) is 55.3 Å². The van der Waals surface area contributed by atoms with Gasteiger partial charge in [-0.1, -0.05) is 19.7 Å². The van der Waals surface area contributed by atoms with Crippen molar-refractivity contribution in [2.45, 2.75) is 78.6 Å². The van der Waals surface area contributed by atoms with Gasteiger partial charge in [0.15, 0.2) is 11.6 Å². The first kappa shape index (κ1) is 36.7. The van der Waals surface area contributed by atoms with E-state index in [0.29, 0.717) is 49.7 Å². The summed E-state index contributed by atoms with van der Waals surface area (Å²) in [5, 5.41) is 0. The molecule has 0 amide bonds. The van der Waals surface area contributed by atoms with Crippen LogP contribution in [-0.2, 0) is 33.4 Å². The Morgan fingerprint density at radius 1 is 0.535 bits per heavy atom. The fourth-order valence-electron chi connectivity index (χ4n) is 3.46. The minimum atomic E-state index is -0.562. The van der Waals surface area contributed by atoms with Crippen LogP contribution in [0.4, 0.5) is 0 Å². The third kappa shape index (κ3) is 15.5. The molecule has 0 spiro atoms. The first-order chi connectivity index (χ1) is 20.3. The molecule has 234 valence electrons. The summed E-state index contributed by atoms with van der Waals surface area (Å²) < 4.78 is 20.5. The van der Waals surface area contributed by atoms with E-state index >= 15 is 0 Å². The van der Waals surface area contributed by atoms with Gasteiger partial charge in [0.2, 0.25) is 0 Å². The summed E-state index contributed by atoms with van der Waals surface area (Å²) in [6, 6.07) is 4.31. The molecule has 43 heavy (non-hydrogen) atoms. The van der Waals surface area contributed by atoms with Crippen LogP contribution in [0.15, 0.2) is 54.7 Å². The summed E-state index contributed by atoms with van der Waals surface area (Å²) in [6.45, 7) is 15.6. The van der Waals surface area contributed by atoms with Crippen LogP contribution in [0.5, 0.6) is 5.75 Å². The van der Waals surface area contributed by atoms with E-state index < -0.39 is 23.9 Å². The second-order valence-electron chi connectivity index (χ2n) is 10.2. The largest absolute Gasteiger partial charge is 0.462 e. The Labute approximate surface area is 253 Å². The van der Waals surface area contributed by atoms with E-state index in [4.69, 9.17) is 18.9 Å². The van der Waals surface area contributed by atoms with Crippen molar-refractivity contribution < 1.29 is 47.7 Å². The summed E-state index contributed by atoms with van der Waals surface area (Å²) in [4.78, 5) is 72.8. The van der Waals surface area contributed by atoms with Crippen molar-refractivity contribution in [2.24, 2.45) is 0 Å². The van der Waals surface area contributed by atoms with Crippen LogP contribution >= 0.6 is 0 Å². The Kier molecular flexibility index (Phi) is 16.8. The summed E-state index contributed by atoms with van der Waals surface area (Å²) in [5.74, 6) is -2.50. The molecule has 0 aliphatic carbocycles. The van der Waals surface area contributed by atoms with Crippen molar-refractivity contribution in [1.29, 1.82) is 0 Å². The molecule has 10 heteroatoms. The molecule has 10 nitrogen and oxygen atoms in total. The van der Waals surface area contributed by atoms with E-state index in [1.807, 2.05) is 0 Å². The predicted molar refractivity (Wildman–Crippen MR) is 160 cm³/mol. The highest BCUT2D eigenvalue weighted by Crippen LogP contribution is 2.22. The molecular formula is C33H42O10. The van der Waals surface area contributed by atoms with Gasteiger partial charge < -0.3 is 18.9 Å². The zero-order valence-electron chi connectivity index (χ0n) is 25.4. The third-order valence-corrected chi connectivity index (χ3v) is 5.90. The number of rotatable bonds is 21. The van der Waals surface area contributed by atoms with Crippen molar-refractivity contribution in [3.63, 3.8) is 0 Å². The number of benzene rings is 1. The molecule has 0 radical (unpaired) electrons.